The summed E-state index contributed by atoms with van der Waals surface area (Å²) in [7, 11) is 0. The van der Waals surface area contributed by atoms with Gasteiger partial charge in [0.2, 0.25) is 0 Å². The molecule has 0 N–H and O–H groups in total. The van der Waals surface area contributed by atoms with Gasteiger partial charge < -0.3 is 18.9 Å². The Morgan fingerprint density at radius 1 is 0.250 bits per heavy atom. The lowest BCUT2D eigenvalue weighted by Crippen LogP contribution is -2.30. The van der Waals surface area contributed by atoms with Gasteiger partial charge in [0.25, 0.3) is 0 Å². The first-order chi connectivity index (χ1) is 41.7. The molecule has 2 aliphatic rings. The maximum absolute atomic E-state index is 13.4. The highest BCUT2D eigenvalue weighted by atomic mass is 19.4. The van der Waals surface area contributed by atoms with Crippen LogP contribution < -0.4 is 18.9 Å². The fraction of sp³-hybridized carbons (Fsp3) is 0.0882. The molecule has 0 radical (unpaired) electrons. The number of hydrogen-bond donors (Lipinski definition) is 0. The Bertz CT molecular complexity index is 4290. The lowest BCUT2D eigenvalue weighted by atomic mass is 9.65. The van der Waals surface area contributed by atoms with Crippen LogP contribution in [0.25, 0.3) is 65.3 Å². The summed E-state index contributed by atoms with van der Waals surface area (Å²) in [6.07, 6.45) is -21.1. The van der Waals surface area contributed by atoms with E-state index in [1.54, 1.807) is 48.5 Å². The first kappa shape index (κ1) is 56.6. The van der Waals surface area contributed by atoms with E-state index in [1.165, 1.54) is 72.8 Å². The number of halogens is 12. The Morgan fingerprint density at radius 2 is 0.477 bits per heavy atom. The SMILES string of the molecule is O=C(Oc1ccc2cc(C3(c4ccc5cc(OC(=O)C(F)(F)F)ccc5c4)c4ccccc4-c4cc5c(cc43)-c3ccccc3C5(c3ccc4cc(OC(=O)C(F)(F)F)ccc4c3)c3ccc4cc(OC(=O)C(F)(F)F)ccc4c3)ccc2c1)C(F)(F)F. The topological polar surface area (TPSA) is 105 Å². The van der Waals surface area contributed by atoms with E-state index >= 15 is 0 Å². The zero-order valence-electron chi connectivity index (χ0n) is 44.4. The van der Waals surface area contributed by atoms with Gasteiger partial charge in [0.15, 0.2) is 0 Å². The molecule has 20 heteroatoms. The molecule has 0 amide bonds. The summed E-state index contributed by atoms with van der Waals surface area (Å²) in [5.74, 6) is -11.1. The number of fused-ring (bicyclic) bond motifs is 10. The van der Waals surface area contributed by atoms with Gasteiger partial charge in [-0.25, -0.2) is 19.2 Å². The third kappa shape index (κ3) is 9.37. The number of hydrogen-bond acceptors (Lipinski definition) is 8. The summed E-state index contributed by atoms with van der Waals surface area (Å²) in [4.78, 5) is 47.7. The fourth-order valence-electron chi connectivity index (χ4n) is 12.4. The highest BCUT2D eigenvalue weighted by Gasteiger charge is 2.52. The number of esters is 4. The maximum atomic E-state index is 13.4. The van der Waals surface area contributed by atoms with Gasteiger partial charge in [0.1, 0.15) is 23.0 Å². The molecular weight excluding hydrogens is 1170 g/mol. The second-order valence-corrected chi connectivity index (χ2v) is 21.0. The first-order valence-corrected chi connectivity index (χ1v) is 26.4. The minimum absolute atomic E-state index is 0.369. The van der Waals surface area contributed by atoms with Crippen molar-refractivity contribution in [3.8, 4) is 45.3 Å². The lowest BCUT2D eigenvalue weighted by Gasteiger charge is -2.36. The molecule has 13 rings (SSSR count). The standard InChI is InChI=1S/C68H34F12O8/c69-65(70,71)59(81)85-47-21-13-35-25-43(17-9-39(35)29-47)63(44-18-10-40-30-48(22-14-36(40)26-44)86-60(82)66(72,73)74)55-7-3-1-5-51(55)53-33-58-54(34-57(53)63)52-6-2-4-8-56(52)64(58,45-19-11-41-31-49(23-15-37(41)27-45)87-61(83)67(75,76)77)46-20-12-42-32-50(24-16-38(42)28-46)88-62(84)68(78,79)80/h1-34H. The van der Waals surface area contributed by atoms with E-state index in [0.717, 1.165) is 22.3 Å². The maximum Gasteiger partial charge on any atom is 0.491 e. The second-order valence-electron chi connectivity index (χ2n) is 21.0. The van der Waals surface area contributed by atoms with Crippen molar-refractivity contribution in [1.29, 1.82) is 0 Å². The molecule has 11 aromatic carbocycles. The number of carbonyl (C=O) groups excluding carboxylic acids is 4. The minimum atomic E-state index is -5.28. The van der Waals surface area contributed by atoms with Crippen molar-refractivity contribution in [1.82, 2.24) is 0 Å². The van der Waals surface area contributed by atoms with E-state index in [0.29, 0.717) is 87.6 Å². The predicted molar refractivity (Wildman–Crippen MR) is 298 cm³/mol. The predicted octanol–water partition coefficient (Wildman–Crippen LogP) is 16.9. The van der Waals surface area contributed by atoms with Crippen molar-refractivity contribution >= 4 is 67.0 Å². The smallest absolute Gasteiger partial charge is 0.420 e. The average molecular weight is 1210 g/mol. The number of benzene rings is 11. The van der Waals surface area contributed by atoms with Crippen molar-refractivity contribution in [2.24, 2.45) is 0 Å². The molecule has 11 aromatic rings. The molecule has 88 heavy (non-hydrogen) atoms. The molecule has 0 aromatic heterocycles. The van der Waals surface area contributed by atoms with E-state index < -0.39 is 59.4 Å². The van der Waals surface area contributed by atoms with Crippen LogP contribution in [0.5, 0.6) is 23.0 Å². The van der Waals surface area contributed by atoms with Crippen molar-refractivity contribution in [2.75, 3.05) is 0 Å². The Morgan fingerprint density at radius 3 is 0.727 bits per heavy atom. The van der Waals surface area contributed by atoms with E-state index in [-0.39, 0.29) is 23.0 Å². The normalized spacial score (nSPS) is 14.0. The Balaban J connectivity index is 1.06. The third-order valence-electron chi connectivity index (χ3n) is 16.0. The zero-order chi connectivity index (χ0) is 62.0. The van der Waals surface area contributed by atoms with E-state index in [1.807, 2.05) is 72.8 Å². The molecule has 0 aliphatic heterocycles. The highest BCUT2D eigenvalue weighted by Crippen LogP contribution is 2.63. The van der Waals surface area contributed by atoms with Gasteiger partial charge in [-0.15, -0.1) is 0 Å². The van der Waals surface area contributed by atoms with Crippen LogP contribution in [0.3, 0.4) is 0 Å². The largest absolute Gasteiger partial charge is 0.491 e. The molecule has 0 saturated carbocycles. The number of ether oxygens (including phenoxy) is 4. The molecule has 0 saturated heterocycles. The van der Waals surface area contributed by atoms with Crippen LogP contribution in [0, 0.1) is 0 Å². The second kappa shape index (κ2) is 20.0. The van der Waals surface area contributed by atoms with E-state index in [2.05, 4.69) is 31.1 Å². The molecule has 0 atom stereocenters. The molecule has 8 nitrogen and oxygen atoms in total. The summed E-state index contributed by atoms with van der Waals surface area (Å²) in [6.45, 7) is 0. The molecular formula is C68H34F12O8. The van der Waals surface area contributed by atoms with Gasteiger partial charge in [-0.3, -0.25) is 0 Å². The van der Waals surface area contributed by atoms with Crippen LogP contribution in [0.15, 0.2) is 206 Å². The monoisotopic (exact) mass is 1210 g/mol. The van der Waals surface area contributed by atoms with Crippen molar-refractivity contribution in [3.05, 3.63) is 251 Å². The first-order valence-electron chi connectivity index (χ1n) is 26.4. The van der Waals surface area contributed by atoms with Crippen molar-refractivity contribution < 1.29 is 90.8 Å². The zero-order valence-corrected chi connectivity index (χ0v) is 44.4. The molecule has 438 valence electrons. The quantitative estimate of drug-likeness (QED) is 0.0842. The van der Waals surface area contributed by atoms with Crippen LogP contribution in [0.2, 0.25) is 0 Å². The van der Waals surface area contributed by atoms with Gasteiger partial charge in [-0.1, -0.05) is 121 Å². The van der Waals surface area contributed by atoms with Gasteiger partial charge in [0.05, 0.1) is 10.8 Å². The number of alkyl halides is 12. The number of carbonyl (C=O) groups is 4. The van der Waals surface area contributed by atoms with E-state index in [9.17, 15) is 71.9 Å². The Kier molecular flexibility index (Phi) is 12.9. The average Bonchev–Trinajstić information content (AvgIpc) is 1.50. The molecule has 0 heterocycles. The number of rotatable bonds is 8. The summed E-state index contributed by atoms with van der Waals surface area (Å²) in [5.41, 5.74) is 5.62. The Labute approximate surface area is 487 Å². The molecule has 0 bridgehead atoms. The lowest BCUT2D eigenvalue weighted by molar-refractivity contribution is -0.189. The van der Waals surface area contributed by atoms with Crippen molar-refractivity contribution in [3.63, 3.8) is 0 Å². The highest BCUT2D eigenvalue weighted by molar-refractivity contribution is 5.99. The molecule has 0 spiro atoms. The summed E-state index contributed by atoms with van der Waals surface area (Å²) >= 11 is 0. The van der Waals surface area contributed by atoms with E-state index in [4.69, 9.17) is 0 Å². The van der Waals surface area contributed by atoms with Gasteiger partial charge in [0, 0.05) is 0 Å². The minimum Gasteiger partial charge on any atom is -0.420 e. The van der Waals surface area contributed by atoms with Gasteiger partial charge in [-0.2, -0.15) is 52.7 Å². The molecule has 2 aliphatic carbocycles. The van der Waals surface area contributed by atoms with Crippen LogP contribution in [-0.4, -0.2) is 48.6 Å². The molecule has 0 fully saturated rings. The van der Waals surface area contributed by atoms with Crippen molar-refractivity contribution in [2.45, 2.75) is 35.5 Å². The van der Waals surface area contributed by atoms with Crippen LogP contribution in [0.4, 0.5) is 52.7 Å². The summed E-state index contributed by atoms with van der Waals surface area (Å²) in [6, 6.07) is 56.5. The van der Waals surface area contributed by atoms with Crippen LogP contribution >= 0.6 is 0 Å². The fourth-order valence-corrected chi connectivity index (χ4v) is 12.4. The summed E-state index contributed by atoms with van der Waals surface area (Å²) in [5, 5.41) is 3.64. The van der Waals surface area contributed by atoms with Crippen LogP contribution in [0.1, 0.15) is 44.5 Å². The Hall–Kier alpha value is -10.5. The van der Waals surface area contributed by atoms with Crippen LogP contribution in [-0.2, 0) is 30.0 Å². The third-order valence-corrected chi connectivity index (χ3v) is 16.0. The molecule has 0 unspecified atom stereocenters. The van der Waals surface area contributed by atoms with Gasteiger partial charge >= 0.3 is 48.6 Å². The summed E-state index contributed by atoms with van der Waals surface area (Å²) < 4.78 is 179. The van der Waals surface area contributed by atoms with Gasteiger partial charge in [-0.05, 0) is 195 Å².